The van der Waals surface area contributed by atoms with E-state index in [1.807, 2.05) is 0 Å². The van der Waals surface area contributed by atoms with Gasteiger partial charge < -0.3 is 15.6 Å². The van der Waals surface area contributed by atoms with Crippen molar-refractivity contribution in [2.45, 2.75) is 58.9 Å². The van der Waals surface area contributed by atoms with Crippen LogP contribution in [0.5, 0.6) is 0 Å². The van der Waals surface area contributed by atoms with E-state index in [-0.39, 0.29) is 24.0 Å². The third kappa shape index (κ3) is 6.10. The zero-order chi connectivity index (χ0) is 15.1. The first-order valence-electron chi connectivity index (χ1n) is 8.11. The van der Waals surface area contributed by atoms with Crippen molar-refractivity contribution in [2.75, 3.05) is 13.1 Å². The number of nitrogens with zero attached hydrogens (tertiary/aromatic N) is 4. The van der Waals surface area contributed by atoms with Crippen molar-refractivity contribution in [3.05, 3.63) is 11.6 Å². The van der Waals surface area contributed by atoms with Crippen molar-refractivity contribution in [3.8, 4) is 0 Å². The molecule has 0 bridgehead atoms. The standard InChI is InChI=1S/C15H28N6.HI/c1-12(2)11-18-15(16)17-9-6-8-14-20-19-13-7-4-3-5-10-21(13)14;/h12H,3-11H2,1-2H3,(H3,16,17,18);1H. The quantitative estimate of drug-likeness (QED) is 0.320. The largest absolute Gasteiger partial charge is 0.370 e. The van der Waals surface area contributed by atoms with Gasteiger partial charge in [-0.1, -0.05) is 20.3 Å². The highest BCUT2D eigenvalue weighted by molar-refractivity contribution is 14.0. The lowest BCUT2D eigenvalue weighted by atomic mass is 10.2. The molecular weight excluding hydrogens is 391 g/mol. The fourth-order valence-corrected chi connectivity index (χ4v) is 2.53. The Morgan fingerprint density at radius 1 is 1.32 bits per heavy atom. The van der Waals surface area contributed by atoms with Crippen LogP contribution in [0.3, 0.4) is 0 Å². The third-order valence-corrected chi connectivity index (χ3v) is 3.70. The van der Waals surface area contributed by atoms with Crippen LogP contribution in [0.4, 0.5) is 0 Å². The molecule has 2 rings (SSSR count). The summed E-state index contributed by atoms with van der Waals surface area (Å²) in [6, 6.07) is 0. The molecule has 0 radical (unpaired) electrons. The van der Waals surface area contributed by atoms with Gasteiger partial charge in [0.05, 0.1) is 0 Å². The Bertz CT molecular complexity index is 469. The smallest absolute Gasteiger partial charge is 0.188 e. The normalized spacial score (nSPS) is 15.1. The summed E-state index contributed by atoms with van der Waals surface area (Å²) in [5.74, 6) is 3.36. The van der Waals surface area contributed by atoms with Crippen molar-refractivity contribution < 1.29 is 0 Å². The van der Waals surface area contributed by atoms with Gasteiger partial charge in [-0.05, 0) is 25.2 Å². The predicted molar refractivity (Wildman–Crippen MR) is 101 cm³/mol. The zero-order valence-corrected chi connectivity index (χ0v) is 16.0. The van der Waals surface area contributed by atoms with E-state index in [1.54, 1.807) is 0 Å². The second-order valence-corrected chi connectivity index (χ2v) is 6.14. The van der Waals surface area contributed by atoms with E-state index in [4.69, 9.17) is 5.73 Å². The Morgan fingerprint density at radius 3 is 2.91 bits per heavy atom. The monoisotopic (exact) mass is 420 g/mol. The number of hydrogen-bond donors (Lipinski definition) is 2. The van der Waals surface area contributed by atoms with Crippen LogP contribution < -0.4 is 11.1 Å². The lowest BCUT2D eigenvalue weighted by Crippen LogP contribution is -2.33. The van der Waals surface area contributed by atoms with Crippen molar-refractivity contribution in [3.63, 3.8) is 0 Å². The van der Waals surface area contributed by atoms with Gasteiger partial charge in [-0.2, -0.15) is 0 Å². The first kappa shape index (κ1) is 19.2. The minimum Gasteiger partial charge on any atom is -0.370 e. The van der Waals surface area contributed by atoms with E-state index in [9.17, 15) is 0 Å². The van der Waals surface area contributed by atoms with E-state index in [1.165, 1.54) is 19.3 Å². The summed E-state index contributed by atoms with van der Waals surface area (Å²) >= 11 is 0. The summed E-state index contributed by atoms with van der Waals surface area (Å²) in [6.07, 6.45) is 6.79. The molecule has 126 valence electrons. The summed E-state index contributed by atoms with van der Waals surface area (Å²) < 4.78 is 2.31. The molecule has 0 saturated heterocycles. The number of hydrogen-bond acceptors (Lipinski definition) is 3. The molecule has 0 aromatic carbocycles. The average molecular weight is 420 g/mol. The number of nitrogens with one attached hydrogen (secondary N) is 1. The topological polar surface area (TPSA) is 81.1 Å². The molecule has 0 atom stereocenters. The van der Waals surface area contributed by atoms with Crippen molar-refractivity contribution >= 4 is 29.9 Å². The van der Waals surface area contributed by atoms with Crippen LogP contribution >= 0.6 is 24.0 Å². The second-order valence-electron chi connectivity index (χ2n) is 6.14. The fraction of sp³-hybridized carbons (Fsp3) is 0.800. The zero-order valence-electron chi connectivity index (χ0n) is 13.7. The second kappa shape index (κ2) is 10.0. The van der Waals surface area contributed by atoms with Crippen molar-refractivity contribution in [1.29, 1.82) is 0 Å². The van der Waals surface area contributed by atoms with Gasteiger partial charge in [-0.3, -0.25) is 4.99 Å². The molecular formula is C15H29IN6. The van der Waals surface area contributed by atoms with Crippen LogP contribution in [0.2, 0.25) is 0 Å². The number of halogens is 1. The Labute approximate surface area is 150 Å². The molecule has 6 nitrogen and oxygen atoms in total. The molecule has 22 heavy (non-hydrogen) atoms. The number of aliphatic imine (C=N–C) groups is 1. The highest BCUT2D eigenvalue weighted by atomic mass is 127. The molecule has 0 unspecified atom stereocenters. The van der Waals surface area contributed by atoms with Gasteiger partial charge in [-0.25, -0.2) is 0 Å². The van der Waals surface area contributed by atoms with Gasteiger partial charge >= 0.3 is 0 Å². The molecule has 0 fully saturated rings. The Hall–Kier alpha value is -0.860. The van der Waals surface area contributed by atoms with Crippen LogP contribution in [0, 0.1) is 5.92 Å². The molecule has 1 aliphatic rings. The molecule has 1 aliphatic heterocycles. The predicted octanol–water partition coefficient (Wildman–Crippen LogP) is 2.12. The van der Waals surface area contributed by atoms with Gasteiger partial charge in [0.25, 0.3) is 0 Å². The third-order valence-electron chi connectivity index (χ3n) is 3.70. The number of nitrogens with two attached hydrogens (primary N) is 1. The molecule has 0 aliphatic carbocycles. The van der Waals surface area contributed by atoms with Crippen LogP contribution in [0.15, 0.2) is 4.99 Å². The maximum Gasteiger partial charge on any atom is 0.188 e. The minimum atomic E-state index is 0. The van der Waals surface area contributed by atoms with Crippen LogP contribution in [0.25, 0.3) is 0 Å². The highest BCUT2D eigenvalue weighted by Crippen LogP contribution is 2.15. The lowest BCUT2D eigenvalue weighted by Gasteiger charge is -2.08. The number of fused-ring (bicyclic) bond motifs is 1. The van der Waals surface area contributed by atoms with Crippen LogP contribution in [-0.2, 0) is 19.4 Å². The first-order valence-corrected chi connectivity index (χ1v) is 8.11. The van der Waals surface area contributed by atoms with Crippen LogP contribution in [0.1, 0.15) is 51.2 Å². The van der Waals surface area contributed by atoms with Gasteiger partial charge in [0.1, 0.15) is 11.6 Å². The number of rotatable bonds is 6. The molecule has 1 aromatic rings. The molecule has 7 heteroatoms. The van der Waals surface area contributed by atoms with E-state index in [2.05, 4.69) is 38.9 Å². The summed E-state index contributed by atoms with van der Waals surface area (Å²) in [5, 5.41) is 11.8. The number of guanidine groups is 1. The summed E-state index contributed by atoms with van der Waals surface area (Å²) in [5.41, 5.74) is 5.82. The van der Waals surface area contributed by atoms with E-state index < -0.39 is 0 Å². The van der Waals surface area contributed by atoms with E-state index >= 15 is 0 Å². The Kier molecular flexibility index (Phi) is 8.74. The summed E-state index contributed by atoms with van der Waals surface area (Å²) in [4.78, 5) is 4.29. The maximum absolute atomic E-state index is 5.82. The van der Waals surface area contributed by atoms with Gasteiger partial charge in [-0.15, -0.1) is 34.2 Å². The maximum atomic E-state index is 5.82. The first-order chi connectivity index (χ1) is 10.2. The van der Waals surface area contributed by atoms with Gasteiger partial charge in [0, 0.05) is 32.5 Å². The Balaban J connectivity index is 0.00000242. The minimum absolute atomic E-state index is 0. The number of aromatic nitrogens is 3. The van der Waals surface area contributed by atoms with Crippen molar-refractivity contribution in [2.24, 2.45) is 16.6 Å². The molecule has 3 N–H and O–H groups in total. The summed E-state index contributed by atoms with van der Waals surface area (Å²) in [7, 11) is 0. The molecule has 0 spiro atoms. The Morgan fingerprint density at radius 2 is 2.14 bits per heavy atom. The van der Waals surface area contributed by atoms with Gasteiger partial charge in [0.15, 0.2) is 5.96 Å². The van der Waals surface area contributed by atoms with E-state index in [0.29, 0.717) is 11.9 Å². The fourth-order valence-electron chi connectivity index (χ4n) is 2.53. The van der Waals surface area contributed by atoms with E-state index in [0.717, 1.165) is 50.5 Å². The lowest BCUT2D eigenvalue weighted by molar-refractivity contribution is 0.594. The highest BCUT2D eigenvalue weighted by Gasteiger charge is 2.13. The van der Waals surface area contributed by atoms with Crippen molar-refractivity contribution in [1.82, 2.24) is 20.1 Å². The molecule has 1 aromatic heterocycles. The summed E-state index contributed by atoms with van der Waals surface area (Å²) in [6.45, 7) is 6.94. The van der Waals surface area contributed by atoms with Gasteiger partial charge in [0.2, 0.25) is 0 Å². The molecule has 0 amide bonds. The molecule has 0 saturated carbocycles. The average Bonchev–Trinajstić information content (AvgIpc) is 2.69. The molecule has 2 heterocycles. The SMILES string of the molecule is CC(C)CN=C(N)NCCCc1nnc2n1CCCCC2.I. The number of aryl methyl sites for hydroxylation is 2. The van der Waals surface area contributed by atoms with Crippen LogP contribution in [-0.4, -0.2) is 33.8 Å².